The molecular weight excluding hydrogens is 216 g/mol. The fourth-order valence-electron chi connectivity index (χ4n) is 0.885. The monoisotopic (exact) mass is 230 g/mol. The first kappa shape index (κ1) is 11.9. The third-order valence-corrected chi connectivity index (χ3v) is 2.22. The van der Waals surface area contributed by atoms with Crippen LogP contribution in [-0.2, 0) is 11.3 Å². The molecule has 1 heterocycles. The summed E-state index contributed by atoms with van der Waals surface area (Å²) >= 11 is 1.28. The number of nitrogens with zero attached hydrogens (tertiary/aromatic N) is 1. The van der Waals surface area contributed by atoms with Crippen LogP contribution in [-0.4, -0.2) is 21.8 Å². The molecule has 0 fully saturated rings. The highest BCUT2D eigenvalue weighted by atomic mass is 32.1. The Balaban J connectivity index is 2.59. The van der Waals surface area contributed by atoms with Gasteiger partial charge in [0, 0.05) is 0 Å². The predicted molar refractivity (Wildman–Crippen MR) is 57.9 cm³/mol. The van der Waals surface area contributed by atoms with Crippen LogP contribution >= 0.6 is 11.3 Å². The van der Waals surface area contributed by atoms with Gasteiger partial charge < -0.3 is 9.84 Å². The number of anilines is 1. The number of ether oxygens (including phenoxy) is 1. The van der Waals surface area contributed by atoms with Crippen LogP contribution in [0.3, 0.4) is 0 Å². The van der Waals surface area contributed by atoms with E-state index in [0.717, 1.165) is 0 Å². The Bertz CT molecular complexity index is 343. The van der Waals surface area contributed by atoms with Crippen molar-refractivity contribution in [2.45, 2.75) is 33.0 Å². The summed E-state index contributed by atoms with van der Waals surface area (Å²) in [6, 6.07) is 0. The minimum absolute atomic E-state index is 0.143. The van der Waals surface area contributed by atoms with Crippen molar-refractivity contribution in [1.82, 2.24) is 4.98 Å². The molecule has 84 valence electrons. The number of hydrogen-bond acceptors (Lipinski definition) is 5. The van der Waals surface area contributed by atoms with Gasteiger partial charge in [0.2, 0.25) is 0 Å². The normalized spacial score (nSPS) is 11.2. The summed E-state index contributed by atoms with van der Waals surface area (Å²) in [5, 5.41) is 11.4. The zero-order chi connectivity index (χ0) is 11.5. The number of carbonyl (C=O) groups is 1. The second-order valence-electron chi connectivity index (χ2n) is 3.91. The van der Waals surface area contributed by atoms with Crippen LogP contribution in [0.1, 0.15) is 25.6 Å². The van der Waals surface area contributed by atoms with Gasteiger partial charge in [-0.1, -0.05) is 0 Å². The van der Waals surface area contributed by atoms with Crippen LogP contribution in [0, 0.1) is 0 Å². The van der Waals surface area contributed by atoms with E-state index in [1.807, 2.05) is 0 Å². The van der Waals surface area contributed by atoms with E-state index in [0.29, 0.717) is 10.7 Å². The summed E-state index contributed by atoms with van der Waals surface area (Å²) in [5.74, 6) is 0.358. The highest BCUT2D eigenvalue weighted by Gasteiger charge is 2.17. The van der Waals surface area contributed by atoms with Crippen LogP contribution in [0.25, 0.3) is 0 Å². The molecule has 0 spiro atoms. The maximum atomic E-state index is 11.3. The number of aliphatic hydroxyl groups excluding tert-OH is 1. The summed E-state index contributed by atoms with van der Waals surface area (Å²) < 4.78 is 5.04. The molecule has 15 heavy (non-hydrogen) atoms. The fraction of sp³-hybridized carbons (Fsp3) is 0.556. The molecule has 0 radical (unpaired) electrons. The fourth-order valence-corrected chi connectivity index (χ4v) is 1.46. The Hall–Kier alpha value is -1.14. The van der Waals surface area contributed by atoms with Gasteiger partial charge in [-0.15, -0.1) is 11.3 Å². The first-order chi connectivity index (χ1) is 6.92. The number of nitrogens with one attached hydrogen (secondary N) is 1. The van der Waals surface area contributed by atoms with E-state index < -0.39 is 11.7 Å². The maximum absolute atomic E-state index is 11.3. The predicted octanol–water partition coefficient (Wildman–Crippen LogP) is 1.98. The van der Waals surface area contributed by atoms with Gasteiger partial charge in [-0.05, 0) is 20.8 Å². The van der Waals surface area contributed by atoms with Crippen LogP contribution < -0.4 is 5.32 Å². The van der Waals surface area contributed by atoms with Crippen molar-refractivity contribution in [3.63, 3.8) is 0 Å². The number of rotatable bonds is 2. The second kappa shape index (κ2) is 4.59. The van der Waals surface area contributed by atoms with Crippen LogP contribution in [0.4, 0.5) is 10.6 Å². The van der Waals surface area contributed by atoms with E-state index in [1.54, 1.807) is 26.3 Å². The van der Waals surface area contributed by atoms with Crippen molar-refractivity contribution in [2.75, 3.05) is 5.32 Å². The highest BCUT2D eigenvalue weighted by molar-refractivity contribution is 7.10. The number of aliphatic hydroxyl groups is 1. The van der Waals surface area contributed by atoms with Crippen molar-refractivity contribution in [3.8, 4) is 0 Å². The largest absolute Gasteiger partial charge is 0.444 e. The van der Waals surface area contributed by atoms with Gasteiger partial charge in [0.25, 0.3) is 0 Å². The van der Waals surface area contributed by atoms with E-state index >= 15 is 0 Å². The number of amides is 1. The van der Waals surface area contributed by atoms with Crippen LogP contribution in [0.15, 0.2) is 5.51 Å². The van der Waals surface area contributed by atoms with Gasteiger partial charge in [0.05, 0.1) is 17.0 Å². The first-order valence-electron chi connectivity index (χ1n) is 4.45. The summed E-state index contributed by atoms with van der Waals surface area (Å²) in [6.07, 6.45) is -0.567. The first-order valence-corrected chi connectivity index (χ1v) is 5.33. The molecule has 1 amide bonds. The Kier molecular flexibility index (Phi) is 3.65. The molecule has 0 saturated heterocycles. The molecule has 0 saturated carbocycles. The maximum Gasteiger partial charge on any atom is 0.413 e. The number of thiazole rings is 1. The Morgan fingerprint density at radius 2 is 2.33 bits per heavy atom. The minimum atomic E-state index is -0.567. The molecule has 0 aliphatic rings. The second-order valence-corrected chi connectivity index (χ2v) is 4.85. The van der Waals surface area contributed by atoms with Gasteiger partial charge in [-0.2, -0.15) is 0 Å². The van der Waals surface area contributed by atoms with Crippen molar-refractivity contribution in [1.29, 1.82) is 0 Å². The molecule has 2 N–H and O–H groups in total. The highest BCUT2D eigenvalue weighted by Crippen LogP contribution is 2.19. The molecule has 1 aromatic rings. The Morgan fingerprint density at radius 3 is 2.87 bits per heavy atom. The lowest BCUT2D eigenvalue weighted by Gasteiger charge is -2.19. The average Bonchev–Trinajstić information content (AvgIpc) is 2.48. The van der Waals surface area contributed by atoms with Gasteiger partial charge in [0.15, 0.2) is 5.82 Å². The molecular formula is C9H14N2O3S. The lowest BCUT2D eigenvalue weighted by molar-refractivity contribution is 0.0635. The SMILES string of the molecule is CC(C)(C)OC(=O)Nc1ncsc1CO. The van der Waals surface area contributed by atoms with Gasteiger partial charge >= 0.3 is 6.09 Å². The molecule has 0 aromatic carbocycles. The van der Waals surface area contributed by atoms with Crippen molar-refractivity contribution >= 4 is 23.2 Å². The number of carbonyl (C=O) groups excluding carboxylic acids is 1. The molecule has 1 rings (SSSR count). The number of hydrogen-bond donors (Lipinski definition) is 2. The molecule has 5 nitrogen and oxygen atoms in total. The molecule has 0 atom stereocenters. The third-order valence-electron chi connectivity index (χ3n) is 1.40. The smallest absolute Gasteiger partial charge is 0.413 e. The van der Waals surface area contributed by atoms with Crippen molar-refractivity contribution < 1.29 is 14.6 Å². The lowest BCUT2D eigenvalue weighted by atomic mass is 10.2. The third kappa shape index (κ3) is 3.85. The molecule has 0 aliphatic carbocycles. The van der Waals surface area contributed by atoms with Gasteiger partial charge in [-0.25, -0.2) is 9.78 Å². The summed E-state index contributed by atoms with van der Waals surface area (Å²) in [7, 11) is 0. The topological polar surface area (TPSA) is 71.5 Å². The van der Waals surface area contributed by atoms with Gasteiger partial charge in [-0.3, -0.25) is 5.32 Å². The van der Waals surface area contributed by atoms with E-state index in [2.05, 4.69) is 10.3 Å². The minimum Gasteiger partial charge on any atom is -0.444 e. The molecule has 6 heteroatoms. The Labute approximate surface area is 92.1 Å². The molecule has 0 bridgehead atoms. The standard InChI is InChI=1S/C9H14N2O3S/c1-9(2,3)14-8(13)11-7-6(4-12)15-5-10-7/h5,12H,4H2,1-3H3,(H,11,13). The van der Waals surface area contributed by atoms with E-state index in [4.69, 9.17) is 9.84 Å². The lowest BCUT2D eigenvalue weighted by Crippen LogP contribution is -2.27. The van der Waals surface area contributed by atoms with Crippen LogP contribution in [0.2, 0.25) is 0 Å². The van der Waals surface area contributed by atoms with Gasteiger partial charge in [0.1, 0.15) is 5.60 Å². The average molecular weight is 230 g/mol. The van der Waals surface area contributed by atoms with E-state index in [9.17, 15) is 4.79 Å². The van der Waals surface area contributed by atoms with E-state index in [1.165, 1.54) is 11.3 Å². The summed E-state index contributed by atoms with van der Waals surface area (Å²) in [5.41, 5.74) is 1.01. The summed E-state index contributed by atoms with van der Waals surface area (Å²) in [6.45, 7) is 5.19. The molecule has 0 aliphatic heterocycles. The van der Waals surface area contributed by atoms with E-state index in [-0.39, 0.29) is 6.61 Å². The quantitative estimate of drug-likeness (QED) is 0.815. The Morgan fingerprint density at radius 1 is 1.67 bits per heavy atom. The molecule has 0 unspecified atom stereocenters. The van der Waals surface area contributed by atoms with Crippen LogP contribution in [0.5, 0.6) is 0 Å². The number of aromatic nitrogens is 1. The summed E-state index contributed by atoms with van der Waals surface area (Å²) in [4.78, 5) is 15.9. The zero-order valence-electron chi connectivity index (χ0n) is 8.90. The van der Waals surface area contributed by atoms with Crippen molar-refractivity contribution in [3.05, 3.63) is 10.4 Å². The zero-order valence-corrected chi connectivity index (χ0v) is 9.72. The molecule has 1 aromatic heterocycles. The van der Waals surface area contributed by atoms with Crippen molar-refractivity contribution in [2.24, 2.45) is 0 Å².